The molecular formula is C38H47Zr-3. The van der Waals surface area contributed by atoms with E-state index in [1.165, 1.54) is 68.3 Å². The summed E-state index contributed by atoms with van der Waals surface area (Å²) in [4.78, 5) is 0. The van der Waals surface area contributed by atoms with E-state index >= 15 is 0 Å². The summed E-state index contributed by atoms with van der Waals surface area (Å²) in [7, 11) is 0. The number of allylic oxidation sites excluding steroid dienone is 2. The van der Waals surface area contributed by atoms with E-state index in [2.05, 4.69) is 69.2 Å². The van der Waals surface area contributed by atoms with Gasteiger partial charge >= 0.3 is 28.4 Å². The predicted octanol–water partition coefficient (Wildman–Crippen LogP) is 9.89. The summed E-state index contributed by atoms with van der Waals surface area (Å²) >= 11 is 1.30. The second-order valence-corrected chi connectivity index (χ2v) is 12.5. The van der Waals surface area contributed by atoms with Gasteiger partial charge in [-0.05, 0) is 30.6 Å². The van der Waals surface area contributed by atoms with Gasteiger partial charge in [-0.3, -0.25) is 0 Å². The van der Waals surface area contributed by atoms with Crippen molar-refractivity contribution < 1.29 is 24.2 Å². The van der Waals surface area contributed by atoms with Gasteiger partial charge in [-0.15, -0.1) is 6.92 Å². The maximum Gasteiger partial charge on any atom is -0.172 e. The third kappa shape index (κ3) is 6.40. The van der Waals surface area contributed by atoms with E-state index in [4.69, 9.17) is 0 Å². The Morgan fingerprint density at radius 1 is 0.949 bits per heavy atom. The van der Waals surface area contributed by atoms with Crippen LogP contribution in [-0.4, -0.2) is 4.21 Å². The minimum atomic E-state index is 0.361. The second-order valence-electron chi connectivity index (χ2n) is 12.5. The Morgan fingerprint density at radius 3 is 2.18 bits per heavy atom. The Labute approximate surface area is 254 Å². The molecular weight excluding hydrogens is 548 g/mol. The van der Waals surface area contributed by atoms with Crippen LogP contribution in [0, 0.1) is 48.0 Å². The van der Waals surface area contributed by atoms with Gasteiger partial charge in [0.15, 0.2) is 0 Å². The van der Waals surface area contributed by atoms with Gasteiger partial charge in [0.05, 0.1) is 0 Å². The minimum absolute atomic E-state index is 0.361. The molecule has 7 rings (SSSR count). The molecule has 5 unspecified atom stereocenters. The fourth-order valence-electron chi connectivity index (χ4n) is 7.80. The fourth-order valence-corrected chi connectivity index (χ4v) is 7.80. The van der Waals surface area contributed by atoms with Gasteiger partial charge in [0, 0.05) is 0 Å². The molecule has 1 heteroatoms. The van der Waals surface area contributed by atoms with Crippen molar-refractivity contribution in [3.63, 3.8) is 0 Å². The monoisotopic (exact) mass is 593 g/mol. The van der Waals surface area contributed by atoms with Crippen molar-refractivity contribution in [1.29, 1.82) is 0 Å². The minimum Gasteiger partial charge on any atom is -0.214 e. The van der Waals surface area contributed by atoms with Crippen LogP contribution >= 0.6 is 0 Å². The number of benzene rings is 2. The Morgan fingerprint density at radius 2 is 1.59 bits per heavy atom. The van der Waals surface area contributed by atoms with E-state index < -0.39 is 0 Å². The predicted molar refractivity (Wildman–Crippen MR) is 165 cm³/mol. The molecule has 4 aliphatic carbocycles. The van der Waals surface area contributed by atoms with Gasteiger partial charge < -0.3 is 0 Å². The summed E-state index contributed by atoms with van der Waals surface area (Å²) in [6, 6.07) is 30.2. The van der Waals surface area contributed by atoms with Crippen molar-refractivity contribution in [3.8, 4) is 0 Å². The number of hydrogen-bond acceptors (Lipinski definition) is 0. The van der Waals surface area contributed by atoms with Crippen LogP contribution in [0.25, 0.3) is 0 Å². The summed E-state index contributed by atoms with van der Waals surface area (Å²) in [6.45, 7) is 12.1. The molecule has 5 atom stereocenters. The third-order valence-corrected chi connectivity index (χ3v) is 10.3. The molecule has 0 N–H and O–H groups in total. The maximum absolute atomic E-state index is 3.34. The molecule has 3 aromatic carbocycles. The topological polar surface area (TPSA) is 0 Å². The molecule has 0 aromatic heterocycles. The van der Waals surface area contributed by atoms with Crippen LogP contribution in [-0.2, 0) is 30.7 Å². The van der Waals surface area contributed by atoms with E-state index in [-0.39, 0.29) is 0 Å². The van der Waals surface area contributed by atoms with E-state index in [1.807, 2.05) is 65.7 Å². The van der Waals surface area contributed by atoms with Gasteiger partial charge in [-0.1, -0.05) is 106 Å². The SMILES string of the molecule is C[C-]1C2=C3Cc4ccccc4C3C3CCCCC3C2CC(C)C1(C)C.Cc1cc[c-]cc1.[CH2]=[Zr].c1cc[cH-]c1. The standard InChI is InChI=1S/C25H33.C7H7.C5H5.CH2.Zr/c1-15-13-21-19-11-7-8-12-20(19)24-18-10-6-5-9-17(18)14-22(24)23(21)16(2)25(15,3)4;1-7-5-3-2-4-6-7;1-2-4-5-3-1;;/h5-6,9-10,15,19-21,24H,7-8,11-14H2,1-4H3;3-6H,1H3;1-5H;1H2;/q3*-1;;. The summed E-state index contributed by atoms with van der Waals surface area (Å²) in [5.74, 6) is 6.00. The molecule has 0 bridgehead atoms. The van der Waals surface area contributed by atoms with E-state index in [9.17, 15) is 0 Å². The quantitative estimate of drug-likeness (QED) is 0.227. The average Bonchev–Trinajstić information content (AvgIpc) is 3.66. The smallest absolute Gasteiger partial charge is 0.172 e. The number of fused-ring (bicyclic) bond motifs is 7. The van der Waals surface area contributed by atoms with Crippen molar-refractivity contribution in [2.24, 2.45) is 29.1 Å². The van der Waals surface area contributed by atoms with Crippen LogP contribution in [0.3, 0.4) is 0 Å². The third-order valence-electron chi connectivity index (χ3n) is 10.3. The first-order chi connectivity index (χ1) is 18.9. The first kappa shape index (κ1) is 30.1. The van der Waals surface area contributed by atoms with Crippen LogP contribution in [0.2, 0.25) is 0 Å². The van der Waals surface area contributed by atoms with Crippen molar-refractivity contribution >= 4 is 4.21 Å². The molecule has 4 aliphatic rings. The van der Waals surface area contributed by atoms with Crippen LogP contribution < -0.4 is 0 Å². The van der Waals surface area contributed by atoms with Crippen molar-refractivity contribution in [2.75, 3.05) is 0 Å². The zero-order chi connectivity index (χ0) is 28.0. The second kappa shape index (κ2) is 13.7. The molecule has 2 saturated carbocycles. The molecule has 0 spiro atoms. The molecule has 0 heterocycles. The van der Waals surface area contributed by atoms with Gasteiger partial charge in [0.1, 0.15) is 0 Å². The number of hydrogen-bond donors (Lipinski definition) is 0. The number of rotatable bonds is 0. The van der Waals surface area contributed by atoms with E-state index in [0.29, 0.717) is 5.41 Å². The summed E-state index contributed by atoms with van der Waals surface area (Å²) in [5, 5.41) is 0. The number of aryl methyl sites for hydroxylation is 1. The largest absolute Gasteiger partial charge is 0.214 e. The maximum atomic E-state index is 3.34. The molecule has 3 aromatic rings. The fraction of sp³-hybridized carbons (Fsp3) is 0.447. The van der Waals surface area contributed by atoms with Gasteiger partial charge in [-0.2, -0.15) is 54.1 Å². The van der Waals surface area contributed by atoms with E-state index in [0.717, 1.165) is 29.6 Å². The van der Waals surface area contributed by atoms with Crippen molar-refractivity contribution in [3.05, 3.63) is 119 Å². The van der Waals surface area contributed by atoms with Crippen LogP contribution in [0.1, 0.15) is 82.4 Å². The molecule has 0 amide bonds. The Balaban J connectivity index is 0.000000207. The Kier molecular flexibility index (Phi) is 10.6. The Bertz CT molecular complexity index is 1170. The van der Waals surface area contributed by atoms with Crippen LogP contribution in [0.4, 0.5) is 0 Å². The molecule has 0 saturated heterocycles. The molecule has 39 heavy (non-hydrogen) atoms. The molecule has 0 aliphatic heterocycles. The summed E-state index contributed by atoms with van der Waals surface area (Å²) < 4.78 is 3.34. The summed E-state index contributed by atoms with van der Waals surface area (Å²) in [5.41, 5.74) is 8.64. The van der Waals surface area contributed by atoms with Crippen molar-refractivity contribution in [2.45, 2.75) is 79.1 Å². The first-order valence-electron chi connectivity index (χ1n) is 15.0. The molecule has 0 nitrogen and oxygen atoms in total. The molecule has 0 radical (unpaired) electrons. The van der Waals surface area contributed by atoms with E-state index in [1.54, 1.807) is 17.0 Å². The van der Waals surface area contributed by atoms with Gasteiger partial charge in [0.25, 0.3) is 0 Å². The van der Waals surface area contributed by atoms with Gasteiger partial charge in [0.2, 0.25) is 0 Å². The normalized spacial score (nSPS) is 27.5. The Hall–Kier alpha value is -1.85. The van der Waals surface area contributed by atoms with Crippen LogP contribution in [0.5, 0.6) is 0 Å². The molecule has 2 fully saturated rings. The van der Waals surface area contributed by atoms with Crippen molar-refractivity contribution in [1.82, 2.24) is 0 Å². The van der Waals surface area contributed by atoms with Crippen LogP contribution in [0.15, 0.2) is 90.0 Å². The van der Waals surface area contributed by atoms with Gasteiger partial charge in [-0.25, -0.2) is 29.2 Å². The molecule has 206 valence electrons. The summed E-state index contributed by atoms with van der Waals surface area (Å²) in [6.07, 6.45) is 8.52. The zero-order valence-corrected chi connectivity index (χ0v) is 27.3. The zero-order valence-electron chi connectivity index (χ0n) is 24.8. The average molecular weight is 595 g/mol. The first-order valence-corrected chi connectivity index (χ1v) is 16.7.